The van der Waals surface area contributed by atoms with Crippen LogP contribution in [0.4, 0.5) is 4.79 Å². The quantitative estimate of drug-likeness (QED) is 0.732. The largest absolute Gasteiger partial charge is 0.508 e. The molecule has 0 radical (unpaired) electrons. The van der Waals surface area contributed by atoms with Crippen LogP contribution in [0.15, 0.2) is 24.3 Å². The van der Waals surface area contributed by atoms with E-state index in [1.54, 1.807) is 0 Å². The lowest BCUT2D eigenvalue weighted by molar-refractivity contribution is -0.0138. The summed E-state index contributed by atoms with van der Waals surface area (Å²) in [7, 11) is 0. The van der Waals surface area contributed by atoms with Crippen molar-refractivity contribution in [3.8, 4) is 0 Å². The summed E-state index contributed by atoms with van der Waals surface area (Å²) in [4.78, 5) is 10.8. The standard InChI is InChI=1S/C16H22O3/c1-2-3-4-13-5-7-14(8-6-13)9-10-15-11-18-16(17)19-12-15/h5-8,15H,2-4,9-12H2,1H3. The van der Waals surface area contributed by atoms with E-state index < -0.39 is 6.16 Å². The molecular formula is C16H22O3. The number of ether oxygens (including phenoxy) is 2. The van der Waals surface area contributed by atoms with Crippen LogP contribution in [0.2, 0.25) is 0 Å². The van der Waals surface area contributed by atoms with Crippen molar-refractivity contribution in [2.24, 2.45) is 5.92 Å². The minimum atomic E-state index is -0.531. The summed E-state index contributed by atoms with van der Waals surface area (Å²) < 4.78 is 9.76. The Morgan fingerprint density at radius 3 is 2.21 bits per heavy atom. The van der Waals surface area contributed by atoms with Gasteiger partial charge in [-0.2, -0.15) is 0 Å². The van der Waals surface area contributed by atoms with Gasteiger partial charge in [-0.15, -0.1) is 0 Å². The Bertz CT molecular complexity index is 387. The van der Waals surface area contributed by atoms with Crippen molar-refractivity contribution in [1.82, 2.24) is 0 Å². The van der Waals surface area contributed by atoms with Crippen LogP contribution in [0.5, 0.6) is 0 Å². The molecule has 0 aromatic heterocycles. The molecule has 0 aliphatic carbocycles. The zero-order chi connectivity index (χ0) is 13.5. The van der Waals surface area contributed by atoms with Crippen LogP contribution in [0, 0.1) is 5.92 Å². The fraction of sp³-hybridized carbons (Fsp3) is 0.562. The number of benzene rings is 1. The number of cyclic esters (lactones) is 2. The van der Waals surface area contributed by atoms with Gasteiger partial charge < -0.3 is 9.47 Å². The molecule has 1 fully saturated rings. The third kappa shape index (κ3) is 4.58. The maximum atomic E-state index is 10.8. The van der Waals surface area contributed by atoms with Gasteiger partial charge in [0.15, 0.2) is 0 Å². The molecule has 0 amide bonds. The van der Waals surface area contributed by atoms with E-state index in [-0.39, 0.29) is 0 Å². The van der Waals surface area contributed by atoms with E-state index in [1.165, 1.54) is 30.4 Å². The van der Waals surface area contributed by atoms with Crippen LogP contribution in [0.1, 0.15) is 37.3 Å². The number of rotatable bonds is 6. The summed E-state index contributed by atoms with van der Waals surface area (Å²) in [6, 6.07) is 8.87. The maximum Gasteiger partial charge on any atom is 0.508 e. The number of carbonyl (C=O) groups is 1. The van der Waals surface area contributed by atoms with E-state index >= 15 is 0 Å². The first-order valence-electron chi connectivity index (χ1n) is 7.15. The normalized spacial score (nSPS) is 15.9. The molecule has 3 nitrogen and oxygen atoms in total. The van der Waals surface area contributed by atoms with Gasteiger partial charge in [0.25, 0.3) is 0 Å². The second-order valence-electron chi connectivity index (χ2n) is 5.20. The molecule has 3 heteroatoms. The molecule has 0 unspecified atom stereocenters. The van der Waals surface area contributed by atoms with E-state index in [0.29, 0.717) is 19.1 Å². The van der Waals surface area contributed by atoms with E-state index in [2.05, 4.69) is 31.2 Å². The van der Waals surface area contributed by atoms with Gasteiger partial charge in [0.2, 0.25) is 0 Å². The lowest BCUT2D eigenvalue weighted by atomic mass is 9.99. The first kappa shape index (κ1) is 13.9. The molecule has 1 aliphatic rings. The predicted molar refractivity (Wildman–Crippen MR) is 74.2 cm³/mol. The maximum absolute atomic E-state index is 10.8. The summed E-state index contributed by atoms with van der Waals surface area (Å²) in [6.07, 6.45) is 5.15. The summed E-state index contributed by atoms with van der Waals surface area (Å²) in [5.74, 6) is 0.331. The van der Waals surface area contributed by atoms with Crippen LogP contribution in [-0.2, 0) is 22.3 Å². The van der Waals surface area contributed by atoms with Crippen LogP contribution >= 0.6 is 0 Å². The third-order valence-corrected chi connectivity index (χ3v) is 3.56. The highest BCUT2D eigenvalue weighted by Crippen LogP contribution is 2.16. The molecule has 0 N–H and O–H groups in total. The Kier molecular flexibility index (Phi) is 5.25. The van der Waals surface area contributed by atoms with Gasteiger partial charge in [0.05, 0.1) is 0 Å². The van der Waals surface area contributed by atoms with Gasteiger partial charge in [-0.3, -0.25) is 0 Å². The Hall–Kier alpha value is -1.51. The Morgan fingerprint density at radius 2 is 1.63 bits per heavy atom. The molecule has 2 rings (SSSR count). The molecule has 104 valence electrons. The minimum absolute atomic E-state index is 0.331. The summed E-state index contributed by atoms with van der Waals surface area (Å²) in [5.41, 5.74) is 2.76. The number of unbranched alkanes of at least 4 members (excludes halogenated alkanes) is 1. The highest BCUT2D eigenvalue weighted by Gasteiger charge is 2.20. The van der Waals surface area contributed by atoms with E-state index in [4.69, 9.17) is 9.47 Å². The third-order valence-electron chi connectivity index (χ3n) is 3.56. The molecule has 1 aliphatic heterocycles. The van der Waals surface area contributed by atoms with Gasteiger partial charge in [-0.05, 0) is 36.8 Å². The summed E-state index contributed by atoms with van der Waals surface area (Å²) >= 11 is 0. The average molecular weight is 262 g/mol. The van der Waals surface area contributed by atoms with Crippen LogP contribution in [0.25, 0.3) is 0 Å². The van der Waals surface area contributed by atoms with Crippen LogP contribution in [0.3, 0.4) is 0 Å². The fourth-order valence-corrected chi connectivity index (χ4v) is 2.25. The molecule has 1 aromatic rings. The molecule has 0 bridgehead atoms. The van der Waals surface area contributed by atoms with Crippen molar-refractivity contribution in [3.63, 3.8) is 0 Å². The van der Waals surface area contributed by atoms with Crippen LogP contribution in [-0.4, -0.2) is 19.4 Å². The first-order valence-corrected chi connectivity index (χ1v) is 7.15. The Labute approximate surface area is 114 Å². The number of hydrogen-bond donors (Lipinski definition) is 0. The topological polar surface area (TPSA) is 35.5 Å². The lowest BCUT2D eigenvalue weighted by Gasteiger charge is -2.21. The average Bonchev–Trinajstić information content (AvgIpc) is 2.46. The van der Waals surface area contributed by atoms with Gasteiger partial charge >= 0.3 is 6.16 Å². The van der Waals surface area contributed by atoms with E-state index in [1.807, 2.05) is 0 Å². The monoisotopic (exact) mass is 262 g/mol. The summed E-state index contributed by atoms with van der Waals surface area (Å²) in [5, 5.41) is 0. The zero-order valence-corrected chi connectivity index (χ0v) is 11.6. The smallest absolute Gasteiger partial charge is 0.434 e. The second-order valence-corrected chi connectivity index (χ2v) is 5.20. The minimum Gasteiger partial charge on any atom is -0.434 e. The SMILES string of the molecule is CCCCc1ccc(CCC2COC(=O)OC2)cc1. The Balaban J connectivity index is 1.75. The van der Waals surface area contributed by atoms with Gasteiger partial charge in [0, 0.05) is 5.92 Å². The summed E-state index contributed by atoms with van der Waals surface area (Å²) in [6.45, 7) is 3.20. The van der Waals surface area contributed by atoms with Crippen molar-refractivity contribution < 1.29 is 14.3 Å². The molecule has 0 saturated carbocycles. The van der Waals surface area contributed by atoms with E-state index in [9.17, 15) is 4.79 Å². The zero-order valence-electron chi connectivity index (χ0n) is 11.6. The van der Waals surface area contributed by atoms with Crippen LogP contribution < -0.4 is 0 Å². The molecule has 19 heavy (non-hydrogen) atoms. The molecule has 0 atom stereocenters. The van der Waals surface area contributed by atoms with Gasteiger partial charge in [-0.1, -0.05) is 37.6 Å². The van der Waals surface area contributed by atoms with Gasteiger partial charge in [0.1, 0.15) is 13.2 Å². The van der Waals surface area contributed by atoms with Gasteiger partial charge in [-0.25, -0.2) is 4.79 Å². The predicted octanol–water partition coefficient (Wildman–Crippen LogP) is 3.74. The number of carbonyl (C=O) groups excluding carboxylic acids is 1. The van der Waals surface area contributed by atoms with Crippen molar-refractivity contribution >= 4 is 6.16 Å². The number of hydrogen-bond acceptors (Lipinski definition) is 3. The Morgan fingerprint density at radius 1 is 1.05 bits per heavy atom. The lowest BCUT2D eigenvalue weighted by Crippen LogP contribution is -2.27. The fourth-order valence-electron chi connectivity index (χ4n) is 2.25. The van der Waals surface area contributed by atoms with Crippen molar-refractivity contribution in [3.05, 3.63) is 35.4 Å². The van der Waals surface area contributed by atoms with Crippen molar-refractivity contribution in [2.45, 2.75) is 39.0 Å². The van der Waals surface area contributed by atoms with Crippen molar-refractivity contribution in [2.75, 3.05) is 13.2 Å². The van der Waals surface area contributed by atoms with Crippen molar-refractivity contribution in [1.29, 1.82) is 0 Å². The molecule has 1 heterocycles. The highest BCUT2D eigenvalue weighted by molar-refractivity contribution is 5.60. The molecular weight excluding hydrogens is 240 g/mol. The molecule has 0 spiro atoms. The molecule has 1 aromatic carbocycles. The number of aryl methyl sites for hydroxylation is 2. The van der Waals surface area contributed by atoms with E-state index in [0.717, 1.165) is 12.8 Å². The first-order chi connectivity index (χ1) is 9.28. The highest BCUT2D eigenvalue weighted by atomic mass is 16.7. The second kappa shape index (κ2) is 7.17. The molecule has 1 saturated heterocycles.